The minimum Gasteiger partial charge on any atom is -0.381 e. The standard InChI is InChI=1S/C18H20F2N6O.C11H19NO2.C2H6/c1-11-10-25(7-8-27-11)14-9-15(24-18(21-2)23-14)26-13-6-4-3-5-12(13)22-17(26)16(19)20;1-9-2-5-12(8-9)11(13)10-3-6-14-7-4-10;1-2/h3-6,9,11,16H,7-8,10H2,1-2H3,(H,21,23,24);9-10H,2-8H2,1H3;1-2H3. The highest BCUT2D eigenvalue weighted by Gasteiger charge is 2.30. The van der Waals surface area contributed by atoms with Crippen LogP contribution in [0.1, 0.15) is 59.2 Å². The average Bonchev–Trinajstić information content (AvgIpc) is 3.66. The Hall–Kier alpha value is -3.38. The van der Waals surface area contributed by atoms with Gasteiger partial charge in [-0.3, -0.25) is 9.36 Å². The number of hydrogen-bond donors (Lipinski definition) is 1. The van der Waals surface area contributed by atoms with Gasteiger partial charge in [-0.25, -0.2) is 13.8 Å². The van der Waals surface area contributed by atoms with Crippen molar-refractivity contribution >= 4 is 28.7 Å². The Morgan fingerprint density at radius 2 is 1.70 bits per heavy atom. The summed E-state index contributed by atoms with van der Waals surface area (Å²) in [4.78, 5) is 29.1. The molecule has 0 spiro atoms. The van der Waals surface area contributed by atoms with Crippen LogP contribution in [-0.4, -0.2) is 89.5 Å². The van der Waals surface area contributed by atoms with Crippen LogP contribution in [0.2, 0.25) is 0 Å². The number of benzene rings is 1. The molecule has 6 rings (SSSR count). The van der Waals surface area contributed by atoms with E-state index in [0.29, 0.717) is 60.1 Å². The smallest absolute Gasteiger partial charge is 0.296 e. The van der Waals surface area contributed by atoms with E-state index in [1.54, 1.807) is 37.4 Å². The summed E-state index contributed by atoms with van der Waals surface area (Å²) in [5.74, 6) is 2.35. The molecule has 1 amide bonds. The number of morpholine rings is 1. The largest absolute Gasteiger partial charge is 0.381 e. The van der Waals surface area contributed by atoms with Crippen LogP contribution in [0.25, 0.3) is 16.9 Å². The summed E-state index contributed by atoms with van der Waals surface area (Å²) < 4.78 is 39.6. The summed E-state index contributed by atoms with van der Waals surface area (Å²) in [5.41, 5.74) is 1.08. The lowest BCUT2D eigenvalue weighted by molar-refractivity contribution is -0.137. The van der Waals surface area contributed by atoms with Gasteiger partial charge in [0, 0.05) is 58.4 Å². The molecule has 2 atom stereocenters. The summed E-state index contributed by atoms with van der Waals surface area (Å²) in [6, 6.07) is 8.75. The molecule has 2 unspecified atom stereocenters. The van der Waals surface area contributed by atoms with Crippen LogP contribution in [0, 0.1) is 11.8 Å². The van der Waals surface area contributed by atoms with Crippen LogP contribution in [0.3, 0.4) is 0 Å². The van der Waals surface area contributed by atoms with Crippen molar-refractivity contribution in [2.45, 2.75) is 59.5 Å². The van der Waals surface area contributed by atoms with Gasteiger partial charge in [0.1, 0.15) is 11.6 Å². The molecule has 3 aliphatic rings. The molecule has 0 saturated carbocycles. The Labute approximate surface area is 252 Å². The number of imidazole rings is 1. The number of fused-ring (bicyclic) bond motifs is 1. The lowest BCUT2D eigenvalue weighted by Gasteiger charge is -2.32. The minimum atomic E-state index is -2.72. The monoisotopic (exact) mass is 601 g/mol. The van der Waals surface area contributed by atoms with Crippen molar-refractivity contribution in [3.63, 3.8) is 0 Å². The second-order valence-corrected chi connectivity index (χ2v) is 10.9. The number of hydrogen-bond acceptors (Lipinski definition) is 8. The topological polar surface area (TPSA) is 97.6 Å². The normalized spacial score (nSPS) is 20.8. The van der Waals surface area contributed by atoms with E-state index in [4.69, 9.17) is 9.47 Å². The van der Waals surface area contributed by atoms with E-state index in [0.717, 1.165) is 39.1 Å². The van der Waals surface area contributed by atoms with E-state index >= 15 is 0 Å². The number of carbonyl (C=O) groups is 1. The Morgan fingerprint density at radius 1 is 0.977 bits per heavy atom. The second-order valence-electron chi connectivity index (χ2n) is 10.9. The molecule has 5 heterocycles. The van der Waals surface area contributed by atoms with Crippen LogP contribution in [0.4, 0.5) is 20.5 Å². The maximum absolute atomic E-state index is 13.7. The van der Waals surface area contributed by atoms with E-state index in [1.165, 1.54) is 11.0 Å². The van der Waals surface area contributed by atoms with Crippen molar-refractivity contribution in [3.05, 3.63) is 36.2 Å². The number of rotatable bonds is 5. The predicted octanol–water partition coefficient (Wildman–Crippen LogP) is 5.33. The number of amides is 1. The number of halogens is 2. The Balaban J connectivity index is 0.000000222. The highest BCUT2D eigenvalue weighted by molar-refractivity contribution is 5.79. The number of alkyl halides is 2. The number of carbonyl (C=O) groups excluding carboxylic acids is 1. The maximum Gasteiger partial charge on any atom is 0.296 e. The van der Waals surface area contributed by atoms with E-state index in [2.05, 4.69) is 32.1 Å². The first-order chi connectivity index (χ1) is 20.8. The summed E-state index contributed by atoms with van der Waals surface area (Å²) >= 11 is 0. The zero-order valence-electron chi connectivity index (χ0n) is 25.9. The molecule has 3 aliphatic heterocycles. The molecule has 0 bridgehead atoms. The molecule has 3 saturated heterocycles. The van der Waals surface area contributed by atoms with E-state index < -0.39 is 6.43 Å². The molecule has 1 N–H and O–H groups in total. The van der Waals surface area contributed by atoms with Gasteiger partial charge in [-0.2, -0.15) is 9.97 Å². The quantitative estimate of drug-likeness (QED) is 0.419. The molecule has 12 heteroatoms. The molecular formula is C31H45F2N7O3. The lowest BCUT2D eigenvalue weighted by Crippen LogP contribution is -2.41. The van der Waals surface area contributed by atoms with Gasteiger partial charge in [0.05, 0.1) is 23.7 Å². The fourth-order valence-corrected chi connectivity index (χ4v) is 5.61. The van der Waals surface area contributed by atoms with Crippen LogP contribution in [0.15, 0.2) is 30.3 Å². The number of para-hydroxylation sites is 2. The van der Waals surface area contributed by atoms with Crippen molar-refractivity contribution in [1.29, 1.82) is 0 Å². The van der Waals surface area contributed by atoms with Gasteiger partial charge in [-0.05, 0) is 44.2 Å². The SMILES string of the molecule is CC.CC1CCN(C(=O)C2CCOCC2)C1.CNc1nc(N2CCOC(C)C2)cc(-n2c(C(F)F)nc3ccccc32)n1. The van der Waals surface area contributed by atoms with Crippen molar-refractivity contribution < 1.29 is 23.0 Å². The summed E-state index contributed by atoms with van der Waals surface area (Å²) in [6.45, 7) is 13.6. The first kappa shape index (κ1) is 32.5. The van der Waals surface area contributed by atoms with E-state index in [-0.39, 0.29) is 17.8 Å². The van der Waals surface area contributed by atoms with Crippen LogP contribution >= 0.6 is 0 Å². The number of likely N-dealkylation sites (tertiary alicyclic amines) is 1. The highest BCUT2D eigenvalue weighted by Crippen LogP contribution is 2.29. The average molecular weight is 602 g/mol. The molecule has 43 heavy (non-hydrogen) atoms. The van der Waals surface area contributed by atoms with Gasteiger partial charge in [0.25, 0.3) is 6.43 Å². The van der Waals surface area contributed by atoms with Crippen molar-refractivity contribution in [2.24, 2.45) is 11.8 Å². The molecule has 10 nitrogen and oxygen atoms in total. The van der Waals surface area contributed by atoms with Crippen molar-refractivity contribution in [1.82, 2.24) is 24.4 Å². The molecule has 3 aromatic rings. The van der Waals surface area contributed by atoms with Crippen LogP contribution in [-0.2, 0) is 14.3 Å². The number of anilines is 2. The fourth-order valence-electron chi connectivity index (χ4n) is 5.61. The molecule has 1 aromatic carbocycles. The molecule has 2 aromatic heterocycles. The zero-order valence-corrected chi connectivity index (χ0v) is 25.9. The second kappa shape index (κ2) is 15.4. The third-order valence-corrected chi connectivity index (χ3v) is 7.80. The van der Waals surface area contributed by atoms with Gasteiger partial charge < -0.3 is 24.6 Å². The third-order valence-electron chi connectivity index (χ3n) is 7.80. The van der Waals surface area contributed by atoms with Gasteiger partial charge in [-0.1, -0.05) is 32.9 Å². The Bertz CT molecular complexity index is 1330. The molecule has 236 valence electrons. The van der Waals surface area contributed by atoms with Crippen molar-refractivity contribution in [2.75, 3.05) is 63.3 Å². The molecule has 0 aliphatic carbocycles. The minimum absolute atomic E-state index is 0.0703. The lowest BCUT2D eigenvalue weighted by atomic mass is 9.99. The number of aromatic nitrogens is 4. The molecular weight excluding hydrogens is 556 g/mol. The van der Waals surface area contributed by atoms with Crippen LogP contribution in [0.5, 0.6) is 0 Å². The first-order valence-corrected chi connectivity index (χ1v) is 15.4. The predicted molar refractivity (Wildman–Crippen MR) is 164 cm³/mol. The molecule has 0 radical (unpaired) electrons. The fraction of sp³-hybridized carbons (Fsp3) is 0.613. The summed E-state index contributed by atoms with van der Waals surface area (Å²) in [6.07, 6.45) is 0.362. The van der Waals surface area contributed by atoms with Crippen LogP contribution < -0.4 is 10.2 Å². The number of nitrogens with zero attached hydrogens (tertiary/aromatic N) is 6. The van der Waals surface area contributed by atoms with Gasteiger partial charge in [0.15, 0.2) is 5.82 Å². The Kier molecular flexibility index (Phi) is 11.6. The number of nitrogens with one attached hydrogen (secondary N) is 1. The van der Waals surface area contributed by atoms with Gasteiger partial charge in [-0.15, -0.1) is 0 Å². The highest BCUT2D eigenvalue weighted by atomic mass is 19.3. The van der Waals surface area contributed by atoms with Gasteiger partial charge in [0.2, 0.25) is 11.9 Å². The summed E-state index contributed by atoms with van der Waals surface area (Å²) in [7, 11) is 1.70. The van der Waals surface area contributed by atoms with Crippen molar-refractivity contribution in [3.8, 4) is 5.82 Å². The summed E-state index contributed by atoms with van der Waals surface area (Å²) in [5, 5.41) is 2.92. The third kappa shape index (κ3) is 7.97. The van der Waals surface area contributed by atoms with E-state index in [1.807, 2.05) is 25.7 Å². The Morgan fingerprint density at radius 3 is 2.35 bits per heavy atom. The number of ether oxygens (including phenoxy) is 2. The zero-order chi connectivity index (χ0) is 30.9. The van der Waals surface area contributed by atoms with E-state index in [9.17, 15) is 13.6 Å². The molecule has 3 fully saturated rings. The first-order valence-electron chi connectivity index (χ1n) is 15.4. The van der Waals surface area contributed by atoms with Gasteiger partial charge >= 0.3 is 0 Å². The maximum atomic E-state index is 13.7.